The third-order valence-electron chi connectivity index (χ3n) is 8.69. The van der Waals surface area contributed by atoms with E-state index in [2.05, 4.69) is 71.6 Å². The van der Waals surface area contributed by atoms with Gasteiger partial charge < -0.3 is 24.4 Å². The van der Waals surface area contributed by atoms with Gasteiger partial charge >= 0.3 is 0 Å². The maximum absolute atomic E-state index is 7.05. The predicted molar refractivity (Wildman–Crippen MR) is 181 cm³/mol. The minimum atomic E-state index is -0.176. The van der Waals surface area contributed by atoms with Gasteiger partial charge in [-0.2, -0.15) is 0 Å². The molecule has 2 aromatic carbocycles. The number of thiocarbonyl (C=S) groups is 1. The lowest BCUT2D eigenvalue weighted by Gasteiger charge is -2.37. The first-order valence-corrected chi connectivity index (χ1v) is 15.9. The molecule has 2 saturated heterocycles. The standard InChI is InChI=1S/C34H37Cl2N5OS/c1-20-14-21(2)19-39(18-20)29-11-10-25(17-27(29)36)41-33(32(38-34(41)43)28-8-6-7-13-37-28)26-15-22(3)40(23(26)4)30-16-24(35)9-12-31(30)42-5/h6-13,15-17,20-21,32-33H,14,18-19H2,1-5H3,(H,38,43)/t20-,21+,32-,33+/m1/s1. The van der Waals surface area contributed by atoms with Gasteiger partial charge in [0.15, 0.2) is 5.11 Å². The summed E-state index contributed by atoms with van der Waals surface area (Å²) in [5, 5.41) is 5.60. The van der Waals surface area contributed by atoms with Gasteiger partial charge in [-0.25, -0.2) is 0 Å². The van der Waals surface area contributed by atoms with Crippen LogP contribution in [0.5, 0.6) is 5.75 Å². The monoisotopic (exact) mass is 633 g/mol. The maximum atomic E-state index is 7.05. The van der Waals surface area contributed by atoms with Crippen LogP contribution in [0, 0.1) is 25.7 Å². The smallest absolute Gasteiger partial charge is 0.174 e. The molecule has 43 heavy (non-hydrogen) atoms. The van der Waals surface area contributed by atoms with Gasteiger partial charge in [-0.15, -0.1) is 0 Å². The summed E-state index contributed by atoms with van der Waals surface area (Å²) in [6, 6.07) is 19.9. The number of ether oxygens (including phenoxy) is 1. The van der Waals surface area contributed by atoms with Crippen molar-refractivity contribution in [3.63, 3.8) is 0 Å². The molecule has 0 unspecified atom stereocenters. The number of hydrogen-bond donors (Lipinski definition) is 1. The van der Waals surface area contributed by atoms with Gasteiger partial charge in [0, 0.05) is 41.4 Å². The number of anilines is 2. The molecule has 0 bridgehead atoms. The number of rotatable bonds is 6. The van der Waals surface area contributed by atoms with E-state index >= 15 is 0 Å². The zero-order valence-corrected chi connectivity index (χ0v) is 27.5. The average Bonchev–Trinajstić information content (AvgIpc) is 3.47. The lowest BCUT2D eigenvalue weighted by atomic mass is 9.91. The molecule has 4 heterocycles. The molecule has 0 amide bonds. The zero-order chi connectivity index (χ0) is 30.4. The van der Waals surface area contributed by atoms with Crippen LogP contribution < -0.4 is 19.9 Å². The molecule has 0 radical (unpaired) electrons. The van der Waals surface area contributed by atoms with E-state index in [1.54, 1.807) is 7.11 Å². The number of halogens is 2. The van der Waals surface area contributed by atoms with E-state index < -0.39 is 0 Å². The number of aryl methyl sites for hydroxylation is 1. The Morgan fingerprint density at radius 3 is 2.40 bits per heavy atom. The number of nitrogens with one attached hydrogen (secondary N) is 1. The van der Waals surface area contributed by atoms with Crippen LogP contribution in [0.3, 0.4) is 0 Å². The molecule has 224 valence electrons. The molecule has 0 spiro atoms. The van der Waals surface area contributed by atoms with Gasteiger partial charge in [0.1, 0.15) is 5.75 Å². The van der Waals surface area contributed by atoms with Crippen molar-refractivity contribution in [2.45, 2.75) is 46.2 Å². The highest BCUT2D eigenvalue weighted by Gasteiger charge is 2.42. The SMILES string of the molecule is COc1ccc(Cl)cc1-n1c(C)cc([C@H]2[C@@H](c3ccccn3)NC(=S)N2c2ccc(N3C[C@H](C)C[C@H](C)C3)c(Cl)c2)c1C. The third-order valence-corrected chi connectivity index (χ3v) is 9.54. The summed E-state index contributed by atoms with van der Waals surface area (Å²) in [7, 11) is 1.68. The van der Waals surface area contributed by atoms with Gasteiger partial charge in [0.05, 0.1) is 41.3 Å². The molecule has 2 aliphatic rings. The lowest BCUT2D eigenvalue weighted by molar-refractivity contribution is 0.357. The van der Waals surface area contributed by atoms with Crippen molar-refractivity contribution < 1.29 is 4.74 Å². The molecular formula is C34H37Cl2N5OS. The topological polar surface area (TPSA) is 45.6 Å². The summed E-state index contributed by atoms with van der Waals surface area (Å²) in [5.41, 5.74) is 7.08. The first kappa shape index (κ1) is 29.8. The fraction of sp³-hybridized carbons (Fsp3) is 0.353. The minimum Gasteiger partial charge on any atom is -0.495 e. The van der Waals surface area contributed by atoms with Crippen molar-refractivity contribution >= 4 is 51.9 Å². The molecule has 1 N–H and O–H groups in total. The van der Waals surface area contributed by atoms with Crippen LogP contribution >= 0.6 is 35.4 Å². The van der Waals surface area contributed by atoms with Crippen LogP contribution in [0.15, 0.2) is 66.9 Å². The zero-order valence-electron chi connectivity index (χ0n) is 25.1. The van der Waals surface area contributed by atoms with E-state index in [0.717, 1.165) is 63.6 Å². The number of piperidine rings is 1. The predicted octanol–water partition coefficient (Wildman–Crippen LogP) is 8.46. The highest BCUT2D eigenvalue weighted by molar-refractivity contribution is 7.80. The highest BCUT2D eigenvalue weighted by Crippen LogP contribution is 2.46. The molecule has 6 nitrogen and oxygen atoms in total. The minimum absolute atomic E-state index is 0.175. The fourth-order valence-corrected chi connectivity index (χ4v) is 7.81. The van der Waals surface area contributed by atoms with Crippen molar-refractivity contribution in [1.29, 1.82) is 0 Å². The molecule has 2 aliphatic heterocycles. The Kier molecular flexibility index (Phi) is 8.33. The van der Waals surface area contributed by atoms with Crippen molar-refractivity contribution in [2.75, 3.05) is 30.0 Å². The molecule has 4 atom stereocenters. The molecular weight excluding hydrogens is 597 g/mol. The summed E-state index contributed by atoms with van der Waals surface area (Å²) >= 11 is 19.5. The van der Waals surface area contributed by atoms with Crippen molar-refractivity contribution in [1.82, 2.24) is 14.9 Å². The number of pyridine rings is 1. The second-order valence-corrected chi connectivity index (χ2v) is 13.2. The van der Waals surface area contributed by atoms with Gasteiger partial charge in [-0.05, 0) is 104 Å². The van der Waals surface area contributed by atoms with Gasteiger partial charge in [0.2, 0.25) is 0 Å². The Bertz CT molecular complexity index is 1650. The van der Waals surface area contributed by atoms with Gasteiger partial charge in [-0.1, -0.05) is 43.1 Å². The molecule has 9 heteroatoms. The molecule has 4 aromatic rings. The van der Waals surface area contributed by atoms with E-state index in [9.17, 15) is 0 Å². The summed E-state index contributed by atoms with van der Waals surface area (Å²) in [4.78, 5) is 9.35. The second-order valence-electron chi connectivity index (χ2n) is 12.0. The Morgan fingerprint density at radius 1 is 0.953 bits per heavy atom. The fourth-order valence-electron chi connectivity index (χ4n) is 7.01. The van der Waals surface area contributed by atoms with Crippen LogP contribution in [0.1, 0.15) is 55.0 Å². The van der Waals surface area contributed by atoms with Crippen molar-refractivity contribution in [3.8, 4) is 11.4 Å². The maximum Gasteiger partial charge on any atom is 0.174 e. The van der Waals surface area contributed by atoms with E-state index in [1.807, 2.05) is 42.6 Å². The van der Waals surface area contributed by atoms with E-state index in [4.69, 9.17) is 45.1 Å². The Hall–Kier alpha value is -3.26. The quantitative estimate of drug-likeness (QED) is 0.215. The first-order valence-electron chi connectivity index (χ1n) is 14.7. The Labute approximate surface area is 269 Å². The van der Waals surface area contributed by atoms with Gasteiger partial charge in [0.25, 0.3) is 0 Å². The molecule has 2 aromatic heterocycles. The average molecular weight is 635 g/mol. The van der Waals surface area contributed by atoms with Crippen molar-refractivity contribution in [3.05, 3.63) is 99.6 Å². The van der Waals surface area contributed by atoms with Crippen LogP contribution in [-0.2, 0) is 0 Å². The Morgan fingerprint density at radius 2 is 1.72 bits per heavy atom. The summed E-state index contributed by atoms with van der Waals surface area (Å²) in [6.45, 7) is 10.9. The van der Waals surface area contributed by atoms with Crippen LogP contribution in [0.4, 0.5) is 11.4 Å². The lowest BCUT2D eigenvalue weighted by Crippen LogP contribution is -2.38. The van der Waals surface area contributed by atoms with Crippen molar-refractivity contribution in [2.24, 2.45) is 11.8 Å². The summed E-state index contributed by atoms with van der Waals surface area (Å²) in [6.07, 6.45) is 3.07. The van der Waals surface area contributed by atoms with E-state index in [1.165, 1.54) is 6.42 Å². The molecule has 6 rings (SSSR count). The van der Waals surface area contributed by atoms with E-state index in [0.29, 0.717) is 22.0 Å². The second kappa shape index (κ2) is 12.0. The molecule has 0 saturated carbocycles. The number of benzene rings is 2. The van der Waals surface area contributed by atoms with E-state index in [-0.39, 0.29) is 12.1 Å². The molecule has 2 fully saturated rings. The summed E-state index contributed by atoms with van der Waals surface area (Å²) < 4.78 is 7.93. The number of hydrogen-bond acceptors (Lipinski definition) is 4. The van der Waals surface area contributed by atoms with Crippen LogP contribution in [0.2, 0.25) is 10.0 Å². The third kappa shape index (κ3) is 5.59. The van der Waals surface area contributed by atoms with Crippen LogP contribution in [0.25, 0.3) is 5.69 Å². The first-order chi connectivity index (χ1) is 20.7. The van der Waals surface area contributed by atoms with Gasteiger partial charge in [-0.3, -0.25) is 4.98 Å². The number of methoxy groups -OCH3 is 1. The largest absolute Gasteiger partial charge is 0.495 e. The summed E-state index contributed by atoms with van der Waals surface area (Å²) in [5.74, 6) is 2.01. The number of nitrogens with zero attached hydrogens (tertiary/aromatic N) is 4. The van der Waals surface area contributed by atoms with Crippen LogP contribution in [-0.4, -0.2) is 34.9 Å². The molecule has 0 aliphatic carbocycles. The Balaban J connectivity index is 1.46. The highest BCUT2D eigenvalue weighted by atomic mass is 35.5. The normalized spacial score (nSPS) is 22.2. The number of aromatic nitrogens is 2.